The largest absolute Gasteiger partial charge is 0.308 e. The first-order chi connectivity index (χ1) is 9.42. The number of piperidine rings is 1. The van der Waals surface area contributed by atoms with Gasteiger partial charge >= 0.3 is 0 Å². The van der Waals surface area contributed by atoms with E-state index in [1.807, 2.05) is 0 Å². The number of nitrogen functional groups attached to an aromatic ring is 1. The van der Waals surface area contributed by atoms with Gasteiger partial charge in [0.2, 0.25) is 10.0 Å². The predicted molar refractivity (Wildman–Crippen MR) is 77.5 cm³/mol. The summed E-state index contributed by atoms with van der Waals surface area (Å²) in [6, 6.07) is 3.21. The molecule has 20 heavy (non-hydrogen) atoms. The number of nitrogens with zero attached hydrogens (tertiary/aromatic N) is 2. The monoisotopic (exact) mass is 299 g/mol. The van der Waals surface area contributed by atoms with Crippen LogP contribution in [0.5, 0.6) is 0 Å². The van der Waals surface area contributed by atoms with E-state index in [0.717, 1.165) is 19.4 Å². The van der Waals surface area contributed by atoms with Crippen LogP contribution in [0.1, 0.15) is 19.8 Å². The number of pyridine rings is 1. The third-order valence-corrected chi connectivity index (χ3v) is 5.24. The minimum atomic E-state index is -3.54. The molecule has 0 amide bonds. The SMILES string of the molecule is CC1CC(NS(=O)(=O)c2ccnc(NN)c2)CCN1C. The molecule has 1 aromatic rings. The van der Waals surface area contributed by atoms with Crippen molar-refractivity contribution in [3.8, 4) is 0 Å². The Bertz CT molecular complexity index is 563. The Labute approximate surface area is 119 Å². The lowest BCUT2D eigenvalue weighted by Crippen LogP contribution is -2.47. The minimum Gasteiger partial charge on any atom is -0.308 e. The van der Waals surface area contributed by atoms with Gasteiger partial charge in [-0.25, -0.2) is 24.0 Å². The van der Waals surface area contributed by atoms with E-state index in [4.69, 9.17) is 5.84 Å². The zero-order valence-corrected chi connectivity index (χ0v) is 12.5. The zero-order chi connectivity index (χ0) is 14.8. The molecule has 1 aromatic heterocycles. The molecule has 0 aliphatic carbocycles. The molecule has 0 radical (unpaired) electrons. The molecule has 1 fully saturated rings. The lowest BCUT2D eigenvalue weighted by molar-refractivity contribution is 0.178. The summed E-state index contributed by atoms with van der Waals surface area (Å²) < 4.78 is 27.4. The number of hydrazine groups is 1. The van der Waals surface area contributed by atoms with Crippen molar-refractivity contribution in [1.29, 1.82) is 0 Å². The molecule has 2 rings (SSSR count). The third kappa shape index (κ3) is 3.45. The Hall–Kier alpha value is -1.22. The predicted octanol–water partition coefficient (Wildman–Crippen LogP) is 0.128. The summed E-state index contributed by atoms with van der Waals surface area (Å²) in [4.78, 5) is 6.31. The van der Waals surface area contributed by atoms with Crippen LogP contribution in [0.2, 0.25) is 0 Å². The average Bonchev–Trinajstić information content (AvgIpc) is 2.43. The number of anilines is 1. The molecule has 2 unspecified atom stereocenters. The molecule has 0 saturated carbocycles. The minimum absolute atomic E-state index is 0.0337. The Balaban J connectivity index is 2.11. The maximum absolute atomic E-state index is 12.3. The molecule has 0 bridgehead atoms. The molecule has 2 atom stereocenters. The molecule has 2 heterocycles. The molecule has 7 nitrogen and oxygen atoms in total. The smallest absolute Gasteiger partial charge is 0.241 e. The van der Waals surface area contributed by atoms with E-state index in [1.165, 1.54) is 18.3 Å². The number of aromatic nitrogens is 1. The van der Waals surface area contributed by atoms with Gasteiger partial charge in [0.25, 0.3) is 0 Å². The molecule has 0 aromatic carbocycles. The Morgan fingerprint density at radius 1 is 1.50 bits per heavy atom. The quantitative estimate of drug-likeness (QED) is 0.540. The second kappa shape index (κ2) is 6.04. The summed E-state index contributed by atoms with van der Waals surface area (Å²) >= 11 is 0. The molecule has 0 spiro atoms. The molecule has 4 N–H and O–H groups in total. The number of nitrogens with one attached hydrogen (secondary N) is 2. The molecule has 112 valence electrons. The van der Waals surface area contributed by atoms with Gasteiger partial charge in [-0.2, -0.15) is 0 Å². The van der Waals surface area contributed by atoms with Crippen molar-refractivity contribution < 1.29 is 8.42 Å². The first kappa shape index (κ1) is 15.2. The van der Waals surface area contributed by atoms with Gasteiger partial charge in [0.15, 0.2) is 0 Å². The number of likely N-dealkylation sites (tertiary alicyclic amines) is 1. The maximum Gasteiger partial charge on any atom is 0.241 e. The Kier molecular flexibility index (Phi) is 4.59. The highest BCUT2D eigenvalue weighted by Crippen LogP contribution is 2.19. The normalized spacial score (nSPS) is 24.6. The lowest BCUT2D eigenvalue weighted by atomic mass is 10.0. The van der Waals surface area contributed by atoms with Gasteiger partial charge in [0.05, 0.1) is 4.90 Å². The average molecular weight is 299 g/mol. The van der Waals surface area contributed by atoms with Crippen LogP contribution < -0.4 is 16.0 Å². The van der Waals surface area contributed by atoms with Crippen LogP contribution in [0.15, 0.2) is 23.2 Å². The van der Waals surface area contributed by atoms with Gasteiger partial charge in [-0.1, -0.05) is 0 Å². The first-order valence-electron chi connectivity index (χ1n) is 6.57. The van der Waals surface area contributed by atoms with Crippen molar-refractivity contribution in [2.75, 3.05) is 19.0 Å². The molecular weight excluding hydrogens is 278 g/mol. The summed E-state index contributed by atoms with van der Waals surface area (Å²) in [5.74, 6) is 5.57. The Morgan fingerprint density at radius 2 is 2.25 bits per heavy atom. The first-order valence-corrected chi connectivity index (χ1v) is 8.06. The van der Waals surface area contributed by atoms with E-state index in [9.17, 15) is 8.42 Å². The standard InChI is InChI=1S/C12H21N5O2S/c1-9-7-10(4-6-17(9)2)16-20(18,19)11-3-5-14-12(8-11)15-13/h3,5,8-10,16H,4,6-7,13H2,1-2H3,(H,14,15). The summed E-state index contributed by atoms with van der Waals surface area (Å²) in [5.41, 5.74) is 2.35. The zero-order valence-electron chi connectivity index (χ0n) is 11.7. The summed E-state index contributed by atoms with van der Waals surface area (Å²) in [7, 11) is -1.48. The molecule has 1 aliphatic heterocycles. The second-order valence-electron chi connectivity index (χ2n) is 5.19. The van der Waals surface area contributed by atoms with E-state index >= 15 is 0 Å². The lowest BCUT2D eigenvalue weighted by Gasteiger charge is -2.35. The highest BCUT2D eigenvalue weighted by Gasteiger charge is 2.27. The van der Waals surface area contributed by atoms with Crippen LogP contribution in [0.25, 0.3) is 0 Å². The summed E-state index contributed by atoms with van der Waals surface area (Å²) in [6.45, 7) is 2.99. The summed E-state index contributed by atoms with van der Waals surface area (Å²) in [5, 5.41) is 0. The van der Waals surface area contributed by atoms with Gasteiger partial charge in [-0.15, -0.1) is 0 Å². The van der Waals surface area contributed by atoms with Crippen molar-refractivity contribution in [2.24, 2.45) is 5.84 Å². The topological polar surface area (TPSA) is 100 Å². The number of rotatable bonds is 4. The van der Waals surface area contributed by atoms with E-state index < -0.39 is 10.0 Å². The fraction of sp³-hybridized carbons (Fsp3) is 0.583. The van der Waals surface area contributed by atoms with Crippen molar-refractivity contribution in [3.63, 3.8) is 0 Å². The van der Waals surface area contributed by atoms with E-state index in [-0.39, 0.29) is 10.9 Å². The van der Waals surface area contributed by atoms with Crippen LogP contribution in [0.3, 0.4) is 0 Å². The van der Waals surface area contributed by atoms with Gasteiger partial charge in [-0.3, -0.25) is 0 Å². The van der Waals surface area contributed by atoms with Crippen LogP contribution in [-0.4, -0.2) is 44.0 Å². The fourth-order valence-corrected chi connectivity index (χ4v) is 3.64. The molecule has 1 aliphatic rings. The second-order valence-corrected chi connectivity index (χ2v) is 6.91. The maximum atomic E-state index is 12.3. The van der Waals surface area contributed by atoms with Crippen LogP contribution >= 0.6 is 0 Å². The van der Waals surface area contributed by atoms with Crippen LogP contribution in [0.4, 0.5) is 5.82 Å². The summed E-state index contributed by atoms with van der Waals surface area (Å²) in [6.07, 6.45) is 3.04. The number of nitrogens with two attached hydrogens (primary N) is 1. The molecule has 1 saturated heterocycles. The van der Waals surface area contributed by atoms with E-state index in [0.29, 0.717) is 11.9 Å². The third-order valence-electron chi connectivity index (χ3n) is 3.72. The Morgan fingerprint density at radius 3 is 2.90 bits per heavy atom. The number of hydrogen-bond donors (Lipinski definition) is 3. The van der Waals surface area contributed by atoms with Crippen LogP contribution in [-0.2, 0) is 10.0 Å². The van der Waals surface area contributed by atoms with Gasteiger partial charge in [0.1, 0.15) is 5.82 Å². The molecular formula is C12H21N5O2S. The van der Waals surface area contributed by atoms with Gasteiger partial charge in [-0.05, 0) is 39.4 Å². The number of hydrogen-bond acceptors (Lipinski definition) is 6. The molecule has 8 heteroatoms. The van der Waals surface area contributed by atoms with Crippen LogP contribution in [0, 0.1) is 0 Å². The van der Waals surface area contributed by atoms with Crippen molar-refractivity contribution >= 4 is 15.8 Å². The van der Waals surface area contributed by atoms with Crippen molar-refractivity contribution in [2.45, 2.75) is 36.7 Å². The fourth-order valence-electron chi connectivity index (χ4n) is 2.34. The van der Waals surface area contributed by atoms with Gasteiger partial charge in [0, 0.05) is 24.3 Å². The van der Waals surface area contributed by atoms with E-state index in [2.05, 4.69) is 34.0 Å². The highest BCUT2D eigenvalue weighted by atomic mass is 32.2. The highest BCUT2D eigenvalue weighted by molar-refractivity contribution is 7.89. The van der Waals surface area contributed by atoms with Crippen molar-refractivity contribution in [1.82, 2.24) is 14.6 Å². The van der Waals surface area contributed by atoms with Crippen molar-refractivity contribution in [3.05, 3.63) is 18.3 Å². The van der Waals surface area contributed by atoms with E-state index in [1.54, 1.807) is 0 Å². The van der Waals surface area contributed by atoms with Gasteiger partial charge < -0.3 is 10.3 Å². The number of sulfonamides is 1.